The topological polar surface area (TPSA) is 95.9 Å². The van der Waals surface area contributed by atoms with E-state index in [2.05, 4.69) is 92.9 Å². The lowest BCUT2D eigenvalue weighted by Crippen LogP contribution is -2.46. The maximum atomic E-state index is 13.3. The lowest BCUT2D eigenvalue weighted by Gasteiger charge is -2.24. The van der Waals surface area contributed by atoms with Gasteiger partial charge < -0.3 is 20.3 Å². The molecule has 0 heterocycles. The predicted molar refractivity (Wildman–Crippen MR) is 291 cm³/mol. The van der Waals surface area contributed by atoms with Gasteiger partial charge in [0.05, 0.1) is 25.2 Å². The van der Waals surface area contributed by atoms with Crippen molar-refractivity contribution >= 4 is 11.9 Å². The highest BCUT2D eigenvalue weighted by Crippen LogP contribution is 2.18. The molecular weight excluding hydrogens is 827 g/mol. The molecule has 0 aromatic heterocycles. The molecule has 0 radical (unpaired) electrons. The van der Waals surface area contributed by atoms with Crippen LogP contribution in [0.15, 0.2) is 85.1 Å². The lowest BCUT2D eigenvalue weighted by molar-refractivity contribution is -0.151. The first kappa shape index (κ1) is 64.0. The summed E-state index contributed by atoms with van der Waals surface area (Å²) < 4.78 is 5.94. The fraction of sp³-hybridized carbons (Fsp3) is 0.738. The van der Waals surface area contributed by atoms with Crippen molar-refractivity contribution in [2.24, 2.45) is 0 Å². The maximum absolute atomic E-state index is 13.3. The van der Waals surface area contributed by atoms with E-state index in [9.17, 15) is 19.8 Å². The van der Waals surface area contributed by atoms with Crippen LogP contribution in [0.2, 0.25) is 0 Å². The van der Waals surface area contributed by atoms with Crippen molar-refractivity contribution in [1.29, 1.82) is 0 Å². The number of aliphatic hydroxyl groups excluding tert-OH is 2. The summed E-state index contributed by atoms with van der Waals surface area (Å²) in [5, 5.41) is 23.9. The number of allylic oxidation sites excluding steroid dienone is 14. The van der Waals surface area contributed by atoms with Crippen LogP contribution >= 0.6 is 0 Å². The molecule has 0 aromatic rings. The van der Waals surface area contributed by atoms with Crippen LogP contribution in [0, 0.1) is 0 Å². The van der Waals surface area contributed by atoms with Crippen LogP contribution in [0.3, 0.4) is 0 Å². The molecule has 0 fully saturated rings. The number of amides is 1. The van der Waals surface area contributed by atoms with E-state index in [-0.39, 0.29) is 24.9 Å². The molecule has 6 heteroatoms. The Bertz CT molecular complexity index is 1280. The summed E-state index contributed by atoms with van der Waals surface area (Å²) in [4.78, 5) is 26.3. The molecule has 67 heavy (non-hydrogen) atoms. The molecule has 0 aromatic carbocycles. The highest BCUT2D eigenvalue weighted by Gasteiger charge is 2.24. The van der Waals surface area contributed by atoms with E-state index >= 15 is 0 Å². The molecule has 0 saturated carbocycles. The van der Waals surface area contributed by atoms with Gasteiger partial charge in [-0.1, -0.05) is 254 Å². The molecule has 0 aliphatic carbocycles. The molecule has 3 atom stereocenters. The maximum Gasteiger partial charge on any atom is 0.306 e. The van der Waals surface area contributed by atoms with Crippen molar-refractivity contribution in [2.75, 3.05) is 6.61 Å². The number of hydrogen-bond acceptors (Lipinski definition) is 5. The summed E-state index contributed by atoms with van der Waals surface area (Å²) in [5.74, 6) is -0.522. The van der Waals surface area contributed by atoms with Gasteiger partial charge in [-0.3, -0.25) is 9.59 Å². The molecular formula is C61H107NO5. The molecule has 0 aliphatic heterocycles. The number of carbonyl (C=O) groups is 2. The van der Waals surface area contributed by atoms with Gasteiger partial charge in [0.1, 0.15) is 6.10 Å². The minimum atomic E-state index is -0.804. The summed E-state index contributed by atoms with van der Waals surface area (Å²) >= 11 is 0. The van der Waals surface area contributed by atoms with Crippen molar-refractivity contribution in [3.8, 4) is 0 Å². The molecule has 1 amide bonds. The summed E-state index contributed by atoms with van der Waals surface area (Å²) in [6.07, 6.45) is 70.7. The van der Waals surface area contributed by atoms with Gasteiger partial charge in [0.15, 0.2) is 0 Å². The normalized spacial score (nSPS) is 13.8. The Morgan fingerprint density at radius 2 is 0.866 bits per heavy atom. The summed E-state index contributed by atoms with van der Waals surface area (Å²) in [5.41, 5.74) is 0. The van der Waals surface area contributed by atoms with E-state index in [0.717, 1.165) is 109 Å². The second kappa shape index (κ2) is 54.0. The average Bonchev–Trinajstić information content (AvgIpc) is 3.32. The SMILES string of the molecule is CC/C=C/C=C/C=C/C=C\CCCCCCCC(=O)OC(CCCCCC/C=C\C/C=C\C/C=C\CCCCC)CC(=O)NC(CO)C(O)CCCCCCCCCCCCCCCCCC. The minimum absolute atomic E-state index is 0.0494. The third-order valence-corrected chi connectivity index (χ3v) is 12.6. The average molecular weight is 935 g/mol. The Kier molecular flexibility index (Phi) is 51.6. The fourth-order valence-corrected chi connectivity index (χ4v) is 8.27. The van der Waals surface area contributed by atoms with Crippen molar-refractivity contribution < 1.29 is 24.5 Å². The fourth-order valence-electron chi connectivity index (χ4n) is 8.27. The number of ether oxygens (including phenoxy) is 1. The van der Waals surface area contributed by atoms with Gasteiger partial charge in [-0.25, -0.2) is 0 Å². The molecule has 0 saturated heterocycles. The van der Waals surface area contributed by atoms with Gasteiger partial charge in [0.2, 0.25) is 5.91 Å². The van der Waals surface area contributed by atoms with Crippen LogP contribution in [-0.4, -0.2) is 46.9 Å². The van der Waals surface area contributed by atoms with Gasteiger partial charge in [0, 0.05) is 6.42 Å². The Balaban J connectivity index is 4.65. The first-order chi connectivity index (χ1) is 33.0. The largest absolute Gasteiger partial charge is 0.462 e. The zero-order chi connectivity index (χ0) is 48.8. The van der Waals surface area contributed by atoms with Gasteiger partial charge in [0.25, 0.3) is 0 Å². The minimum Gasteiger partial charge on any atom is -0.462 e. The van der Waals surface area contributed by atoms with E-state index in [1.165, 1.54) is 109 Å². The van der Waals surface area contributed by atoms with Gasteiger partial charge in [-0.05, 0) is 83.5 Å². The van der Waals surface area contributed by atoms with Crippen molar-refractivity contribution in [1.82, 2.24) is 5.32 Å². The van der Waals surface area contributed by atoms with Crippen LogP contribution in [0.1, 0.15) is 265 Å². The molecule has 3 N–H and O–H groups in total. The van der Waals surface area contributed by atoms with Crippen LogP contribution < -0.4 is 5.32 Å². The Morgan fingerprint density at radius 3 is 1.39 bits per heavy atom. The first-order valence-corrected chi connectivity index (χ1v) is 28.4. The molecule has 0 rings (SSSR count). The predicted octanol–water partition coefficient (Wildman–Crippen LogP) is 17.5. The number of carbonyl (C=O) groups excluding carboxylic acids is 2. The highest BCUT2D eigenvalue weighted by molar-refractivity contribution is 5.77. The van der Waals surface area contributed by atoms with E-state index in [1.54, 1.807) is 0 Å². The number of aliphatic hydroxyl groups is 2. The molecule has 0 aliphatic rings. The second-order valence-electron chi connectivity index (χ2n) is 19.0. The quantitative estimate of drug-likeness (QED) is 0.0244. The summed E-state index contributed by atoms with van der Waals surface area (Å²) in [6, 6.07) is -0.719. The molecule has 0 spiro atoms. The first-order valence-electron chi connectivity index (χ1n) is 28.4. The molecule has 6 nitrogen and oxygen atoms in total. The summed E-state index contributed by atoms with van der Waals surface area (Å²) in [6.45, 7) is 6.32. The van der Waals surface area contributed by atoms with Crippen molar-refractivity contribution in [3.05, 3.63) is 85.1 Å². The Hall–Kier alpha value is -2.96. The Morgan fingerprint density at radius 1 is 0.463 bits per heavy atom. The van der Waals surface area contributed by atoms with E-state index < -0.39 is 18.2 Å². The molecule has 386 valence electrons. The summed E-state index contributed by atoms with van der Waals surface area (Å²) in [7, 11) is 0. The number of esters is 1. The van der Waals surface area contributed by atoms with Gasteiger partial charge >= 0.3 is 5.97 Å². The third kappa shape index (κ3) is 49.3. The second-order valence-corrected chi connectivity index (χ2v) is 19.0. The zero-order valence-corrected chi connectivity index (χ0v) is 44.0. The highest BCUT2D eigenvalue weighted by atomic mass is 16.5. The number of nitrogens with one attached hydrogen (secondary N) is 1. The molecule has 3 unspecified atom stereocenters. The number of hydrogen-bond donors (Lipinski definition) is 3. The Labute approximate surface area is 414 Å². The van der Waals surface area contributed by atoms with Crippen LogP contribution in [-0.2, 0) is 14.3 Å². The van der Waals surface area contributed by atoms with Crippen molar-refractivity contribution in [3.63, 3.8) is 0 Å². The molecule has 0 bridgehead atoms. The van der Waals surface area contributed by atoms with E-state index in [0.29, 0.717) is 19.3 Å². The third-order valence-electron chi connectivity index (χ3n) is 12.6. The number of rotatable bonds is 50. The number of unbranched alkanes of at least 4 members (excludes halogenated alkanes) is 27. The lowest BCUT2D eigenvalue weighted by atomic mass is 10.0. The zero-order valence-electron chi connectivity index (χ0n) is 44.0. The van der Waals surface area contributed by atoms with Crippen LogP contribution in [0.25, 0.3) is 0 Å². The smallest absolute Gasteiger partial charge is 0.306 e. The monoisotopic (exact) mass is 934 g/mol. The van der Waals surface area contributed by atoms with Crippen molar-refractivity contribution in [2.45, 2.75) is 283 Å². The van der Waals surface area contributed by atoms with Gasteiger partial charge in [-0.15, -0.1) is 0 Å². The van der Waals surface area contributed by atoms with Gasteiger partial charge in [-0.2, -0.15) is 0 Å². The van der Waals surface area contributed by atoms with Crippen LogP contribution in [0.5, 0.6) is 0 Å². The standard InChI is InChI=1S/C61H107NO5/c1-4-7-10-13-16-19-22-25-28-30-32-34-37-40-43-46-49-52-57(67-61(66)54-51-48-45-42-39-36-31-27-24-21-18-15-12-9-6-3)55-60(65)62-58(56-63)59(64)53-50-47-44-41-38-35-33-29-26-23-20-17-14-11-8-5-2/h9,12,15-16,18-19,21,24-25,27-28,31-32,34,57-59,63-64H,4-8,10-11,13-14,17,20,22-23,26,29-30,33,35-56H2,1-3H3,(H,62,65)/b12-9+,18-15+,19-16-,24-21+,28-25-,31-27-,34-32-. The van der Waals surface area contributed by atoms with E-state index in [4.69, 9.17) is 4.74 Å². The van der Waals surface area contributed by atoms with E-state index in [1.807, 2.05) is 18.2 Å². The van der Waals surface area contributed by atoms with Crippen LogP contribution in [0.4, 0.5) is 0 Å².